The molecule has 144 valence electrons. The van der Waals surface area contributed by atoms with Crippen LogP contribution >= 0.6 is 0 Å². The van der Waals surface area contributed by atoms with Crippen LogP contribution in [0.15, 0.2) is 36.4 Å². The number of halogens is 3. The maximum atomic E-state index is 14.7. The van der Waals surface area contributed by atoms with Crippen LogP contribution in [0.2, 0.25) is 0 Å². The van der Waals surface area contributed by atoms with Gasteiger partial charge in [-0.15, -0.1) is 0 Å². The summed E-state index contributed by atoms with van der Waals surface area (Å²) >= 11 is 0. The van der Waals surface area contributed by atoms with Crippen molar-refractivity contribution in [1.82, 2.24) is 0 Å². The smallest absolute Gasteiger partial charge is 0.167 e. The molecule has 0 bridgehead atoms. The van der Waals surface area contributed by atoms with Crippen LogP contribution in [0.1, 0.15) is 56.8 Å². The van der Waals surface area contributed by atoms with Gasteiger partial charge in [0.05, 0.1) is 12.7 Å². The summed E-state index contributed by atoms with van der Waals surface area (Å²) in [6, 6.07) is 7.45. The van der Waals surface area contributed by atoms with E-state index in [4.69, 9.17) is 4.74 Å². The summed E-state index contributed by atoms with van der Waals surface area (Å²) in [4.78, 5) is 0. The molecule has 27 heavy (non-hydrogen) atoms. The lowest BCUT2D eigenvalue weighted by molar-refractivity contribution is -0.0214. The highest BCUT2D eigenvalue weighted by molar-refractivity contribution is 5.67. The van der Waals surface area contributed by atoms with Crippen molar-refractivity contribution in [1.29, 1.82) is 0 Å². The molecule has 0 N–H and O–H groups in total. The first kappa shape index (κ1) is 19.7. The predicted octanol–water partition coefficient (Wildman–Crippen LogP) is 7.07. The van der Waals surface area contributed by atoms with Gasteiger partial charge in [0.1, 0.15) is 5.82 Å². The van der Waals surface area contributed by atoms with Gasteiger partial charge in [-0.05, 0) is 43.7 Å². The summed E-state index contributed by atoms with van der Waals surface area (Å²) in [6.45, 7) is 4.53. The SMILES string of the molecule is C/C=C/c1ccc(-c2ccc(C3CCC(CCC)CO3)c(F)c2F)c(F)c1. The first-order valence-electron chi connectivity index (χ1n) is 9.57. The summed E-state index contributed by atoms with van der Waals surface area (Å²) in [5.41, 5.74) is 0.879. The van der Waals surface area contributed by atoms with Gasteiger partial charge >= 0.3 is 0 Å². The topological polar surface area (TPSA) is 9.23 Å². The van der Waals surface area contributed by atoms with E-state index in [0.29, 0.717) is 24.5 Å². The Morgan fingerprint density at radius 3 is 2.44 bits per heavy atom. The molecule has 2 unspecified atom stereocenters. The molecule has 0 saturated carbocycles. The number of ether oxygens (including phenoxy) is 1. The Balaban J connectivity index is 1.86. The molecule has 1 saturated heterocycles. The molecule has 2 aromatic carbocycles. The van der Waals surface area contributed by atoms with E-state index in [9.17, 15) is 13.2 Å². The fourth-order valence-corrected chi connectivity index (χ4v) is 3.75. The predicted molar refractivity (Wildman–Crippen MR) is 103 cm³/mol. The molecule has 0 spiro atoms. The van der Waals surface area contributed by atoms with Gasteiger partial charge in [0, 0.05) is 16.7 Å². The molecular weight excluding hydrogens is 349 g/mol. The van der Waals surface area contributed by atoms with Crippen LogP contribution in [0.4, 0.5) is 13.2 Å². The minimum atomic E-state index is -1.02. The minimum Gasteiger partial charge on any atom is -0.373 e. The van der Waals surface area contributed by atoms with Gasteiger partial charge < -0.3 is 4.74 Å². The normalized spacial score (nSPS) is 20.3. The van der Waals surface area contributed by atoms with E-state index in [1.54, 1.807) is 18.2 Å². The van der Waals surface area contributed by atoms with Crippen molar-refractivity contribution in [2.45, 2.75) is 45.6 Å². The highest BCUT2D eigenvalue weighted by atomic mass is 19.2. The number of hydrogen-bond acceptors (Lipinski definition) is 1. The molecular formula is C23H25F3O. The van der Waals surface area contributed by atoms with E-state index < -0.39 is 23.6 Å². The Bertz CT molecular complexity index is 821. The van der Waals surface area contributed by atoms with Gasteiger partial charge in [-0.2, -0.15) is 0 Å². The van der Waals surface area contributed by atoms with Crippen LogP contribution < -0.4 is 0 Å². The molecule has 1 aliphatic rings. The number of rotatable bonds is 5. The molecule has 0 aliphatic carbocycles. The largest absolute Gasteiger partial charge is 0.373 e. The van der Waals surface area contributed by atoms with E-state index in [-0.39, 0.29) is 16.7 Å². The lowest BCUT2D eigenvalue weighted by atomic mass is 9.90. The summed E-state index contributed by atoms with van der Waals surface area (Å²) < 4.78 is 49.6. The molecule has 2 atom stereocenters. The van der Waals surface area contributed by atoms with Crippen molar-refractivity contribution in [2.75, 3.05) is 6.61 Å². The highest BCUT2D eigenvalue weighted by Crippen LogP contribution is 2.37. The van der Waals surface area contributed by atoms with Gasteiger partial charge in [0.2, 0.25) is 0 Å². The molecule has 0 amide bonds. The molecule has 1 nitrogen and oxygen atoms in total. The van der Waals surface area contributed by atoms with Crippen molar-refractivity contribution >= 4 is 6.08 Å². The summed E-state index contributed by atoms with van der Waals surface area (Å²) in [6.07, 6.45) is 6.90. The standard InChI is InChI=1S/C23H25F3O/c1-3-5-15-7-9-17(20(24)13-15)18-10-11-19(23(26)22(18)25)21-12-8-16(6-4-2)14-27-21/h3,5,7,9-11,13,16,21H,4,6,8,12,14H2,1-2H3/b5-3+. The third-order valence-electron chi connectivity index (χ3n) is 5.17. The number of benzene rings is 2. The molecule has 1 heterocycles. The maximum absolute atomic E-state index is 14.7. The van der Waals surface area contributed by atoms with E-state index in [2.05, 4.69) is 6.92 Å². The summed E-state index contributed by atoms with van der Waals surface area (Å²) in [7, 11) is 0. The quantitative estimate of drug-likeness (QED) is 0.544. The van der Waals surface area contributed by atoms with Gasteiger partial charge in [-0.25, -0.2) is 13.2 Å². The van der Waals surface area contributed by atoms with Crippen molar-refractivity contribution in [2.24, 2.45) is 5.92 Å². The highest BCUT2D eigenvalue weighted by Gasteiger charge is 2.27. The molecule has 1 fully saturated rings. The monoisotopic (exact) mass is 374 g/mol. The maximum Gasteiger partial charge on any atom is 0.167 e. The van der Waals surface area contributed by atoms with Crippen molar-refractivity contribution in [3.05, 3.63) is 65.0 Å². The summed E-state index contributed by atoms with van der Waals surface area (Å²) in [5.74, 6) is -2.05. The minimum absolute atomic E-state index is 0.0544. The molecule has 1 aliphatic heterocycles. The van der Waals surface area contributed by atoms with Gasteiger partial charge in [-0.3, -0.25) is 0 Å². The first-order chi connectivity index (χ1) is 13.0. The van der Waals surface area contributed by atoms with Crippen molar-refractivity contribution in [3.63, 3.8) is 0 Å². The van der Waals surface area contributed by atoms with Crippen LogP contribution in [0.25, 0.3) is 17.2 Å². The lowest BCUT2D eigenvalue weighted by Gasteiger charge is -2.29. The van der Waals surface area contributed by atoms with Crippen LogP contribution in [0.5, 0.6) is 0 Å². The zero-order valence-electron chi connectivity index (χ0n) is 15.8. The van der Waals surface area contributed by atoms with E-state index >= 15 is 0 Å². The van der Waals surface area contributed by atoms with Gasteiger partial charge in [0.25, 0.3) is 0 Å². The fourth-order valence-electron chi connectivity index (χ4n) is 3.75. The van der Waals surface area contributed by atoms with E-state index in [0.717, 1.165) is 19.3 Å². The third kappa shape index (κ3) is 4.27. The zero-order valence-corrected chi connectivity index (χ0v) is 15.8. The van der Waals surface area contributed by atoms with Gasteiger partial charge in [-0.1, -0.05) is 49.8 Å². The average molecular weight is 374 g/mol. The average Bonchev–Trinajstić information content (AvgIpc) is 2.66. The van der Waals surface area contributed by atoms with E-state index in [1.165, 1.54) is 24.3 Å². The molecule has 4 heteroatoms. The number of hydrogen-bond donors (Lipinski definition) is 0. The zero-order chi connectivity index (χ0) is 19.4. The van der Waals surface area contributed by atoms with Gasteiger partial charge in [0.15, 0.2) is 11.6 Å². The molecule has 0 aromatic heterocycles. The van der Waals surface area contributed by atoms with Crippen LogP contribution in [0, 0.1) is 23.4 Å². The third-order valence-corrected chi connectivity index (χ3v) is 5.17. The van der Waals surface area contributed by atoms with Crippen LogP contribution in [-0.2, 0) is 4.74 Å². The molecule has 2 aromatic rings. The second-order valence-corrected chi connectivity index (χ2v) is 7.12. The Hall–Kier alpha value is -2.07. The lowest BCUT2D eigenvalue weighted by Crippen LogP contribution is -2.21. The first-order valence-corrected chi connectivity index (χ1v) is 9.57. The Labute approximate surface area is 158 Å². The van der Waals surface area contributed by atoms with Crippen LogP contribution in [0.3, 0.4) is 0 Å². The second-order valence-electron chi connectivity index (χ2n) is 7.12. The Morgan fingerprint density at radius 1 is 1.04 bits per heavy atom. The fraction of sp³-hybridized carbons (Fsp3) is 0.391. The number of allylic oxidation sites excluding steroid dienone is 1. The van der Waals surface area contributed by atoms with E-state index in [1.807, 2.05) is 6.92 Å². The van der Waals surface area contributed by atoms with Crippen molar-refractivity contribution in [3.8, 4) is 11.1 Å². The van der Waals surface area contributed by atoms with Crippen LogP contribution in [-0.4, -0.2) is 6.61 Å². The molecule has 0 radical (unpaired) electrons. The molecule has 3 rings (SSSR count). The summed E-state index contributed by atoms with van der Waals surface area (Å²) in [5, 5.41) is 0. The Kier molecular flexibility index (Phi) is 6.38. The Morgan fingerprint density at radius 2 is 1.81 bits per heavy atom. The van der Waals surface area contributed by atoms with Crippen molar-refractivity contribution < 1.29 is 17.9 Å². The second kappa shape index (κ2) is 8.75.